The van der Waals surface area contributed by atoms with Gasteiger partial charge in [-0.1, -0.05) is 47.3 Å². The van der Waals surface area contributed by atoms with Gasteiger partial charge in [0.25, 0.3) is 0 Å². The number of hydrogen-bond acceptors (Lipinski definition) is 2. The van der Waals surface area contributed by atoms with Gasteiger partial charge in [0.1, 0.15) is 0 Å². The molecule has 104 valence electrons. The van der Waals surface area contributed by atoms with Gasteiger partial charge in [-0.25, -0.2) is 0 Å². The number of likely N-dealkylation sites (N-methyl/N-ethyl adjacent to an activating group) is 1. The molecule has 0 atom stereocenters. The van der Waals surface area contributed by atoms with Crippen LogP contribution in [0.3, 0.4) is 0 Å². The van der Waals surface area contributed by atoms with Crippen molar-refractivity contribution >= 4 is 15.9 Å². The van der Waals surface area contributed by atoms with Gasteiger partial charge in [0, 0.05) is 29.0 Å². The molecule has 3 rings (SSSR count). The third-order valence-electron chi connectivity index (χ3n) is 4.83. The van der Waals surface area contributed by atoms with Crippen molar-refractivity contribution in [1.29, 1.82) is 0 Å². The predicted molar refractivity (Wildman–Crippen MR) is 83.3 cm³/mol. The summed E-state index contributed by atoms with van der Waals surface area (Å²) in [6, 6.07) is 6.84. The van der Waals surface area contributed by atoms with Crippen LogP contribution in [0.25, 0.3) is 0 Å². The summed E-state index contributed by atoms with van der Waals surface area (Å²) in [5.41, 5.74) is 9.29. The van der Waals surface area contributed by atoms with Crippen LogP contribution in [-0.4, -0.2) is 25.0 Å². The van der Waals surface area contributed by atoms with Gasteiger partial charge in [0.2, 0.25) is 0 Å². The molecule has 0 aromatic heterocycles. The minimum absolute atomic E-state index is 0.0876. The van der Waals surface area contributed by atoms with E-state index in [1.54, 1.807) is 0 Å². The van der Waals surface area contributed by atoms with E-state index in [4.69, 9.17) is 5.73 Å². The first kappa shape index (κ1) is 13.6. The van der Waals surface area contributed by atoms with Crippen molar-refractivity contribution in [3.8, 4) is 0 Å². The fraction of sp³-hybridized carbons (Fsp3) is 0.625. The van der Waals surface area contributed by atoms with Crippen LogP contribution in [0.2, 0.25) is 0 Å². The summed E-state index contributed by atoms with van der Waals surface area (Å²) in [7, 11) is 2.18. The van der Waals surface area contributed by atoms with Gasteiger partial charge in [-0.3, -0.25) is 0 Å². The van der Waals surface area contributed by atoms with Gasteiger partial charge in [-0.2, -0.15) is 0 Å². The monoisotopic (exact) mass is 322 g/mol. The van der Waals surface area contributed by atoms with Crippen LogP contribution in [0, 0.1) is 0 Å². The van der Waals surface area contributed by atoms with Crippen LogP contribution < -0.4 is 5.73 Å². The minimum atomic E-state index is -0.0876. The molecule has 1 saturated heterocycles. The van der Waals surface area contributed by atoms with Crippen LogP contribution in [0.4, 0.5) is 0 Å². The molecule has 1 heterocycles. The summed E-state index contributed by atoms with van der Waals surface area (Å²) in [6.45, 7) is 2.34. The smallest absolute Gasteiger partial charge is 0.0410 e. The second-order valence-corrected chi connectivity index (χ2v) is 7.23. The van der Waals surface area contributed by atoms with Crippen LogP contribution in [-0.2, 0) is 5.54 Å². The van der Waals surface area contributed by atoms with Crippen molar-refractivity contribution < 1.29 is 0 Å². The Labute approximate surface area is 124 Å². The summed E-state index contributed by atoms with van der Waals surface area (Å²) >= 11 is 3.76. The Bertz CT molecular complexity index is 460. The Balaban J connectivity index is 1.82. The summed E-state index contributed by atoms with van der Waals surface area (Å²) in [5.74, 6) is 0.688. The van der Waals surface area contributed by atoms with Gasteiger partial charge in [0.15, 0.2) is 0 Å². The lowest BCUT2D eigenvalue weighted by molar-refractivity contribution is 0.189. The van der Waals surface area contributed by atoms with E-state index in [0.717, 1.165) is 12.8 Å². The van der Waals surface area contributed by atoms with Gasteiger partial charge < -0.3 is 10.6 Å². The molecule has 19 heavy (non-hydrogen) atoms. The van der Waals surface area contributed by atoms with Gasteiger partial charge in [0.05, 0.1) is 0 Å². The summed E-state index contributed by atoms with van der Waals surface area (Å²) in [4.78, 5) is 2.36. The number of halogens is 1. The van der Waals surface area contributed by atoms with Crippen molar-refractivity contribution in [3.05, 3.63) is 33.8 Å². The maximum atomic E-state index is 6.61. The number of benzene rings is 1. The molecule has 0 amide bonds. The SMILES string of the molecule is CN1CC(c2ccc(C3(N)CCCCC3)cc2Br)C1. The lowest BCUT2D eigenvalue weighted by Gasteiger charge is -2.38. The molecule has 2 aliphatic rings. The molecule has 0 radical (unpaired) electrons. The van der Waals surface area contributed by atoms with E-state index in [-0.39, 0.29) is 5.54 Å². The summed E-state index contributed by atoms with van der Waals surface area (Å²) in [5, 5.41) is 0. The largest absolute Gasteiger partial charge is 0.321 e. The second-order valence-electron chi connectivity index (χ2n) is 6.37. The molecule has 1 aromatic rings. The summed E-state index contributed by atoms with van der Waals surface area (Å²) < 4.78 is 1.25. The molecule has 0 spiro atoms. The topological polar surface area (TPSA) is 29.3 Å². The average molecular weight is 323 g/mol. The normalized spacial score (nSPS) is 24.2. The van der Waals surface area contributed by atoms with Gasteiger partial charge >= 0.3 is 0 Å². The molecule has 1 aliphatic heterocycles. The van der Waals surface area contributed by atoms with Crippen molar-refractivity contribution in [1.82, 2.24) is 4.90 Å². The van der Waals surface area contributed by atoms with Crippen LogP contribution in [0.15, 0.2) is 22.7 Å². The van der Waals surface area contributed by atoms with Crippen LogP contribution >= 0.6 is 15.9 Å². The Kier molecular flexibility index (Phi) is 3.71. The van der Waals surface area contributed by atoms with Crippen molar-refractivity contribution in [2.24, 2.45) is 5.73 Å². The molecule has 1 aliphatic carbocycles. The zero-order chi connectivity index (χ0) is 13.5. The molecular weight excluding hydrogens is 300 g/mol. The molecule has 1 saturated carbocycles. The maximum Gasteiger partial charge on any atom is 0.0410 e. The van der Waals surface area contributed by atoms with E-state index in [9.17, 15) is 0 Å². The zero-order valence-electron chi connectivity index (χ0n) is 11.7. The van der Waals surface area contributed by atoms with E-state index in [1.807, 2.05) is 0 Å². The molecule has 2 N–H and O–H groups in total. The quantitative estimate of drug-likeness (QED) is 0.901. The highest BCUT2D eigenvalue weighted by Crippen LogP contribution is 2.38. The minimum Gasteiger partial charge on any atom is -0.321 e. The highest BCUT2D eigenvalue weighted by atomic mass is 79.9. The Morgan fingerprint density at radius 2 is 1.89 bits per heavy atom. The van der Waals surface area contributed by atoms with Crippen LogP contribution in [0.5, 0.6) is 0 Å². The third-order valence-corrected chi connectivity index (χ3v) is 5.51. The first-order valence-corrected chi connectivity index (χ1v) is 8.15. The van der Waals surface area contributed by atoms with Crippen molar-refractivity contribution in [3.63, 3.8) is 0 Å². The Morgan fingerprint density at radius 3 is 2.47 bits per heavy atom. The number of rotatable bonds is 2. The first-order chi connectivity index (χ1) is 9.08. The van der Waals surface area contributed by atoms with E-state index >= 15 is 0 Å². The van der Waals surface area contributed by atoms with Crippen LogP contribution in [0.1, 0.15) is 49.1 Å². The molecular formula is C16H23BrN2. The molecule has 2 fully saturated rings. The molecule has 0 bridgehead atoms. The summed E-state index contributed by atoms with van der Waals surface area (Å²) in [6.07, 6.45) is 6.13. The first-order valence-electron chi connectivity index (χ1n) is 7.36. The highest BCUT2D eigenvalue weighted by Gasteiger charge is 2.31. The number of likely N-dealkylation sites (tertiary alicyclic amines) is 1. The lowest BCUT2D eigenvalue weighted by atomic mass is 9.77. The van der Waals surface area contributed by atoms with Crippen molar-refractivity contribution in [2.75, 3.05) is 20.1 Å². The molecule has 2 nitrogen and oxygen atoms in total. The standard InChI is InChI=1S/C16H23BrN2/c1-19-10-12(11-19)14-6-5-13(9-15(14)17)16(18)7-3-2-4-8-16/h5-6,9,12H,2-4,7-8,10-11,18H2,1H3. The zero-order valence-corrected chi connectivity index (χ0v) is 13.2. The van der Waals surface area contributed by atoms with E-state index in [0.29, 0.717) is 5.92 Å². The molecule has 0 unspecified atom stereocenters. The van der Waals surface area contributed by atoms with Gasteiger partial charge in [-0.05, 0) is 37.1 Å². The lowest BCUT2D eigenvalue weighted by Crippen LogP contribution is -2.42. The molecule has 1 aromatic carbocycles. The predicted octanol–water partition coefficient (Wildman–Crippen LogP) is 3.60. The second kappa shape index (κ2) is 5.19. The van der Waals surface area contributed by atoms with Gasteiger partial charge in [-0.15, -0.1) is 0 Å². The third kappa shape index (κ3) is 2.61. The fourth-order valence-corrected chi connectivity index (χ4v) is 4.24. The fourth-order valence-electron chi connectivity index (χ4n) is 3.53. The van der Waals surface area contributed by atoms with E-state index in [2.05, 4.69) is 46.1 Å². The Hall–Kier alpha value is -0.380. The average Bonchev–Trinajstić information content (AvgIpc) is 2.36. The molecule has 3 heteroatoms. The highest BCUT2D eigenvalue weighted by molar-refractivity contribution is 9.10. The Morgan fingerprint density at radius 1 is 1.21 bits per heavy atom. The van der Waals surface area contributed by atoms with E-state index < -0.39 is 0 Å². The number of nitrogens with two attached hydrogens (primary N) is 1. The number of hydrogen-bond donors (Lipinski definition) is 1. The maximum absolute atomic E-state index is 6.61. The van der Waals surface area contributed by atoms with E-state index in [1.165, 1.54) is 48.0 Å². The number of nitrogens with zero attached hydrogens (tertiary/aromatic N) is 1. The van der Waals surface area contributed by atoms with Crippen molar-refractivity contribution in [2.45, 2.75) is 43.6 Å².